The third-order valence-corrected chi connectivity index (χ3v) is 17.0. The molecule has 9 aromatic carbocycles. The fourth-order valence-corrected chi connectivity index (χ4v) is 13.2. The molecular weight excluding hydrogens is 868 g/mol. The van der Waals surface area contributed by atoms with Crippen LogP contribution < -0.4 is 26.2 Å². The van der Waals surface area contributed by atoms with E-state index in [2.05, 4.69) is 268 Å². The van der Waals surface area contributed by atoms with Gasteiger partial charge in [0.05, 0.1) is 0 Å². The first-order valence-electron chi connectivity index (χ1n) is 26.1. The number of hydrogen-bond donors (Lipinski definition) is 0. The van der Waals surface area contributed by atoms with Crippen LogP contribution in [0.4, 0.5) is 34.1 Å². The van der Waals surface area contributed by atoms with Crippen molar-refractivity contribution in [3.8, 4) is 44.5 Å². The molecule has 2 heterocycles. The normalized spacial score (nSPS) is 15.3. The Morgan fingerprint density at radius 1 is 0.375 bits per heavy atom. The van der Waals surface area contributed by atoms with Crippen molar-refractivity contribution in [3.63, 3.8) is 0 Å². The number of benzene rings is 9. The number of aryl methyl sites for hydroxylation is 1. The summed E-state index contributed by atoms with van der Waals surface area (Å²) in [6.07, 6.45) is 0. The quantitative estimate of drug-likeness (QED) is 0.162. The van der Waals surface area contributed by atoms with Crippen molar-refractivity contribution in [2.45, 2.75) is 97.8 Å². The lowest BCUT2D eigenvalue weighted by atomic mass is 9.33. The van der Waals surface area contributed by atoms with Crippen molar-refractivity contribution in [2.75, 3.05) is 9.80 Å². The largest absolute Gasteiger partial charge is 0.311 e. The monoisotopic (exact) mass is 931 g/mol. The van der Waals surface area contributed by atoms with Crippen LogP contribution in [0.5, 0.6) is 0 Å². The zero-order valence-corrected chi connectivity index (χ0v) is 43.8. The highest BCUT2D eigenvalue weighted by atomic mass is 15.2. The van der Waals surface area contributed by atoms with Gasteiger partial charge in [0.1, 0.15) is 0 Å². The predicted molar refractivity (Wildman–Crippen MR) is 309 cm³/mol. The van der Waals surface area contributed by atoms with Gasteiger partial charge in [-0.3, -0.25) is 0 Å². The van der Waals surface area contributed by atoms with Gasteiger partial charge in [0, 0.05) is 45.0 Å². The Hall–Kier alpha value is -7.36. The van der Waals surface area contributed by atoms with E-state index in [4.69, 9.17) is 0 Å². The molecule has 0 bridgehead atoms. The molecule has 0 fully saturated rings. The lowest BCUT2D eigenvalue weighted by Crippen LogP contribution is -2.61. The Bertz CT molecular complexity index is 3480. The Labute approximate surface area is 428 Å². The summed E-state index contributed by atoms with van der Waals surface area (Å²) in [5.41, 5.74) is 31.2. The van der Waals surface area contributed by atoms with Gasteiger partial charge in [-0.15, -0.1) is 0 Å². The molecule has 9 aromatic rings. The zero-order valence-electron chi connectivity index (χ0n) is 43.8. The van der Waals surface area contributed by atoms with Crippen molar-refractivity contribution in [3.05, 3.63) is 221 Å². The van der Waals surface area contributed by atoms with Gasteiger partial charge in [-0.1, -0.05) is 203 Å². The molecule has 2 nitrogen and oxygen atoms in total. The first-order valence-corrected chi connectivity index (χ1v) is 26.1. The van der Waals surface area contributed by atoms with Crippen LogP contribution in [0.3, 0.4) is 0 Å². The Morgan fingerprint density at radius 3 is 1.15 bits per heavy atom. The van der Waals surface area contributed by atoms with Gasteiger partial charge >= 0.3 is 0 Å². The molecule has 2 aliphatic heterocycles. The van der Waals surface area contributed by atoms with Gasteiger partial charge in [0.2, 0.25) is 0 Å². The summed E-state index contributed by atoms with van der Waals surface area (Å²) in [7, 11) is 0. The van der Waals surface area contributed by atoms with Crippen molar-refractivity contribution in [1.29, 1.82) is 0 Å². The molecule has 4 aliphatic rings. The van der Waals surface area contributed by atoms with E-state index in [1.165, 1.54) is 123 Å². The zero-order chi connectivity index (χ0) is 49.8. The van der Waals surface area contributed by atoms with E-state index < -0.39 is 0 Å². The maximum atomic E-state index is 2.57. The third kappa shape index (κ3) is 6.41. The molecule has 0 saturated carbocycles. The SMILES string of the molecule is Cc1cc2c3c(c1)N(c1ccc(-c4cccc5c4-c4ccccc4C5(C)C)cc1)c1ccc(C(C)(C)C)cc1B3c1cc(C(C)(C)C)ccc1N2c1ccc(-c2cccc3c2-c2ccccc2C3(C)C)cc1. The van der Waals surface area contributed by atoms with Crippen molar-refractivity contribution < 1.29 is 0 Å². The molecule has 0 unspecified atom stereocenters. The van der Waals surface area contributed by atoms with Gasteiger partial charge < -0.3 is 9.80 Å². The molecule has 13 rings (SSSR count). The van der Waals surface area contributed by atoms with Crippen molar-refractivity contribution >= 4 is 57.2 Å². The van der Waals surface area contributed by atoms with Gasteiger partial charge in [0.15, 0.2) is 0 Å². The fraction of sp³-hybridized carbons (Fsp3) is 0.217. The van der Waals surface area contributed by atoms with Crippen molar-refractivity contribution in [1.82, 2.24) is 0 Å². The standard InChI is InChI=1S/C69H63BN2/c1-42-38-61-65-62(39-42)72(48-34-28-44(29-35-48)50-21-17-25-56-64(50)52-19-13-15-23-54(52)69(56,10)11)60-37-31-46(67(5,6)7)41-58(60)70(65)57-40-45(66(2,3)4)30-36-59(57)71(61)47-32-26-43(27-33-47)49-20-16-24-55-63(49)51-18-12-14-22-53(51)68(55,8)9/h12-41H,1-11H3. The van der Waals surface area contributed by atoms with Crippen LogP contribution in [-0.2, 0) is 21.7 Å². The summed E-state index contributed by atoms with van der Waals surface area (Å²) >= 11 is 0. The molecule has 2 aliphatic carbocycles. The second-order valence-corrected chi connectivity index (χ2v) is 24.3. The van der Waals surface area contributed by atoms with E-state index in [1.807, 2.05) is 0 Å². The predicted octanol–water partition coefficient (Wildman–Crippen LogP) is 16.6. The highest BCUT2D eigenvalue weighted by molar-refractivity contribution is 7.00. The van der Waals surface area contributed by atoms with E-state index in [0.29, 0.717) is 0 Å². The smallest absolute Gasteiger partial charge is 0.252 e. The Kier molecular flexibility index (Phi) is 9.49. The van der Waals surface area contributed by atoms with Gasteiger partial charge in [-0.2, -0.15) is 0 Å². The summed E-state index contributed by atoms with van der Waals surface area (Å²) in [4.78, 5) is 5.13. The first-order chi connectivity index (χ1) is 34.4. The third-order valence-electron chi connectivity index (χ3n) is 17.0. The van der Waals surface area contributed by atoms with Crippen LogP contribution in [0.25, 0.3) is 44.5 Å². The highest BCUT2D eigenvalue weighted by Gasteiger charge is 2.45. The minimum Gasteiger partial charge on any atom is -0.311 e. The molecule has 72 heavy (non-hydrogen) atoms. The minimum absolute atomic E-state index is 0.0295. The topological polar surface area (TPSA) is 6.48 Å². The van der Waals surface area contributed by atoms with Crippen LogP contribution >= 0.6 is 0 Å². The second kappa shape index (κ2) is 15.3. The summed E-state index contributed by atoms with van der Waals surface area (Å²) in [5, 5.41) is 0. The molecule has 0 amide bonds. The summed E-state index contributed by atoms with van der Waals surface area (Å²) in [6, 6.07) is 70.2. The molecule has 0 aromatic heterocycles. The van der Waals surface area contributed by atoms with Gasteiger partial charge in [0.25, 0.3) is 6.71 Å². The summed E-state index contributed by atoms with van der Waals surface area (Å²) in [6.45, 7) is 25.8. The minimum atomic E-state index is -0.0550. The Morgan fingerprint density at radius 2 is 0.750 bits per heavy atom. The fourth-order valence-electron chi connectivity index (χ4n) is 13.2. The molecule has 0 saturated heterocycles. The number of hydrogen-bond acceptors (Lipinski definition) is 2. The van der Waals surface area contributed by atoms with Crippen LogP contribution in [0.15, 0.2) is 182 Å². The van der Waals surface area contributed by atoms with E-state index in [0.717, 1.165) is 11.4 Å². The van der Waals surface area contributed by atoms with Crippen LogP contribution in [0.1, 0.15) is 108 Å². The molecule has 3 heteroatoms. The second-order valence-electron chi connectivity index (χ2n) is 24.3. The van der Waals surface area contributed by atoms with E-state index in [-0.39, 0.29) is 28.4 Å². The lowest BCUT2D eigenvalue weighted by Gasteiger charge is -2.45. The van der Waals surface area contributed by atoms with Crippen molar-refractivity contribution in [2.24, 2.45) is 0 Å². The lowest BCUT2D eigenvalue weighted by molar-refractivity contribution is 0.590. The van der Waals surface area contributed by atoms with Crippen LogP contribution in [-0.4, -0.2) is 6.71 Å². The van der Waals surface area contributed by atoms with Gasteiger partial charge in [-0.25, -0.2) is 0 Å². The first kappa shape index (κ1) is 44.6. The summed E-state index contributed by atoms with van der Waals surface area (Å²) < 4.78 is 0. The average Bonchev–Trinajstić information content (AvgIpc) is 3.75. The number of fused-ring (bicyclic) bond motifs is 10. The number of rotatable bonds is 4. The van der Waals surface area contributed by atoms with Gasteiger partial charge in [-0.05, 0) is 166 Å². The Balaban J connectivity index is 0.996. The summed E-state index contributed by atoms with van der Waals surface area (Å²) in [5.74, 6) is 0. The van der Waals surface area contributed by atoms with Crippen LogP contribution in [0, 0.1) is 6.92 Å². The average molecular weight is 931 g/mol. The maximum absolute atomic E-state index is 2.57. The molecule has 0 spiro atoms. The number of anilines is 6. The molecule has 0 atom stereocenters. The van der Waals surface area contributed by atoms with Crippen LogP contribution in [0.2, 0.25) is 0 Å². The van der Waals surface area contributed by atoms with E-state index in [9.17, 15) is 0 Å². The molecule has 352 valence electrons. The maximum Gasteiger partial charge on any atom is 0.252 e. The van der Waals surface area contributed by atoms with E-state index >= 15 is 0 Å². The van der Waals surface area contributed by atoms with E-state index in [1.54, 1.807) is 0 Å². The molecule has 0 radical (unpaired) electrons. The highest BCUT2D eigenvalue weighted by Crippen LogP contribution is 2.54. The number of nitrogens with zero attached hydrogens (tertiary/aromatic N) is 2. The molecular formula is C69H63BN2. The molecule has 0 N–H and O–H groups in total.